The Labute approximate surface area is 173 Å². The van der Waals surface area contributed by atoms with Crippen LogP contribution in [0.2, 0.25) is 0 Å². The number of hydrogen-bond donors (Lipinski definition) is 1. The van der Waals surface area contributed by atoms with Gasteiger partial charge in [-0.2, -0.15) is 18.3 Å². The third-order valence-corrected chi connectivity index (χ3v) is 5.89. The normalized spacial score (nSPS) is 23.8. The summed E-state index contributed by atoms with van der Waals surface area (Å²) in [6, 6.07) is 7.18. The molecule has 0 unspecified atom stereocenters. The molecule has 1 aromatic heterocycles. The average Bonchev–Trinajstić information content (AvgIpc) is 3.34. The largest absolute Gasteiger partial charge is 0.496 e. The van der Waals surface area contributed by atoms with Gasteiger partial charge in [0.15, 0.2) is 6.04 Å². The second-order valence-corrected chi connectivity index (χ2v) is 8.05. The number of likely N-dealkylation sites (tertiary alicyclic amines) is 1. The predicted molar refractivity (Wildman–Crippen MR) is 106 cm³/mol. The first-order chi connectivity index (χ1) is 14.3. The number of nitrogens with zero attached hydrogens (tertiary/aromatic N) is 3. The van der Waals surface area contributed by atoms with E-state index in [1.54, 1.807) is 25.0 Å². The van der Waals surface area contributed by atoms with Gasteiger partial charge in [-0.05, 0) is 25.8 Å². The molecule has 0 aliphatic carbocycles. The van der Waals surface area contributed by atoms with Crippen molar-refractivity contribution in [2.75, 3.05) is 25.5 Å². The first-order valence-corrected chi connectivity index (χ1v) is 10.1. The zero-order chi connectivity index (χ0) is 21.5. The monoisotopic (exact) mass is 422 g/mol. The van der Waals surface area contributed by atoms with Gasteiger partial charge < -0.3 is 15.0 Å². The van der Waals surface area contributed by atoms with Crippen molar-refractivity contribution in [2.24, 2.45) is 0 Å². The number of alkyl halides is 3. The van der Waals surface area contributed by atoms with Crippen molar-refractivity contribution >= 4 is 11.7 Å². The minimum Gasteiger partial charge on any atom is -0.496 e. The highest BCUT2D eigenvalue weighted by atomic mass is 19.4. The maximum Gasteiger partial charge on any atom is 0.410 e. The quantitative estimate of drug-likeness (QED) is 0.815. The van der Waals surface area contributed by atoms with E-state index in [1.165, 1.54) is 0 Å². The molecule has 6 nitrogen and oxygen atoms in total. The summed E-state index contributed by atoms with van der Waals surface area (Å²) in [7, 11) is 1.57. The molecule has 162 valence electrons. The first kappa shape index (κ1) is 20.6. The number of ether oxygens (including phenoxy) is 1. The third-order valence-electron chi connectivity index (χ3n) is 5.89. The number of rotatable bonds is 4. The molecule has 1 saturated heterocycles. The molecule has 2 aliphatic rings. The summed E-state index contributed by atoms with van der Waals surface area (Å²) >= 11 is 0. The molecule has 1 N–H and O–H groups in total. The van der Waals surface area contributed by atoms with Crippen LogP contribution >= 0.6 is 0 Å². The molecule has 9 heteroatoms. The number of benzene rings is 1. The lowest BCUT2D eigenvalue weighted by molar-refractivity contribution is -0.173. The van der Waals surface area contributed by atoms with E-state index in [4.69, 9.17) is 4.74 Å². The van der Waals surface area contributed by atoms with E-state index < -0.39 is 12.2 Å². The lowest BCUT2D eigenvalue weighted by atomic mass is 10.0. The van der Waals surface area contributed by atoms with Gasteiger partial charge in [-0.15, -0.1) is 0 Å². The maximum atomic E-state index is 13.5. The van der Waals surface area contributed by atoms with Gasteiger partial charge in [0, 0.05) is 36.7 Å². The molecule has 2 aliphatic heterocycles. The molecule has 1 aromatic carbocycles. The van der Waals surface area contributed by atoms with Crippen molar-refractivity contribution in [3.63, 3.8) is 0 Å². The Morgan fingerprint density at radius 1 is 1.33 bits per heavy atom. The number of amides is 1. The van der Waals surface area contributed by atoms with Crippen LogP contribution in [0.5, 0.6) is 5.75 Å². The molecule has 0 radical (unpaired) electrons. The molecule has 1 fully saturated rings. The van der Waals surface area contributed by atoms with Crippen LogP contribution in [0, 0.1) is 0 Å². The summed E-state index contributed by atoms with van der Waals surface area (Å²) in [6.07, 6.45) is -3.49. The van der Waals surface area contributed by atoms with Crippen LogP contribution in [0.1, 0.15) is 43.0 Å². The van der Waals surface area contributed by atoms with Crippen LogP contribution in [-0.2, 0) is 11.2 Å². The number of methoxy groups -OCH3 is 1. The molecular formula is C21H25F3N4O2. The first-order valence-electron chi connectivity index (χ1n) is 10.1. The van der Waals surface area contributed by atoms with E-state index in [9.17, 15) is 18.0 Å². The van der Waals surface area contributed by atoms with Gasteiger partial charge in [-0.1, -0.05) is 18.2 Å². The summed E-state index contributed by atoms with van der Waals surface area (Å²) in [4.78, 5) is 14.5. The number of carbonyl (C=O) groups is 1. The van der Waals surface area contributed by atoms with Gasteiger partial charge >= 0.3 is 6.18 Å². The van der Waals surface area contributed by atoms with Crippen molar-refractivity contribution < 1.29 is 22.7 Å². The molecular weight excluding hydrogens is 397 g/mol. The van der Waals surface area contributed by atoms with E-state index >= 15 is 0 Å². The van der Waals surface area contributed by atoms with Gasteiger partial charge in [0.2, 0.25) is 5.91 Å². The molecule has 0 spiro atoms. The van der Waals surface area contributed by atoms with Gasteiger partial charge in [-0.25, -0.2) is 4.68 Å². The maximum absolute atomic E-state index is 13.5. The van der Waals surface area contributed by atoms with Crippen molar-refractivity contribution in [1.29, 1.82) is 0 Å². The molecule has 30 heavy (non-hydrogen) atoms. The van der Waals surface area contributed by atoms with Crippen LogP contribution in [0.15, 0.2) is 30.3 Å². The smallest absolute Gasteiger partial charge is 0.410 e. The highest BCUT2D eigenvalue weighted by molar-refractivity contribution is 5.80. The number of para-hydroxylation sites is 1. The van der Waals surface area contributed by atoms with Crippen molar-refractivity contribution in [2.45, 2.75) is 50.4 Å². The minimum absolute atomic E-state index is 0.0223. The second kappa shape index (κ2) is 7.85. The Bertz CT molecular complexity index is 927. The Morgan fingerprint density at radius 2 is 2.10 bits per heavy atom. The third kappa shape index (κ3) is 3.97. The Morgan fingerprint density at radius 3 is 2.83 bits per heavy atom. The fourth-order valence-corrected chi connectivity index (χ4v) is 4.33. The van der Waals surface area contributed by atoms with Gasteiger partial charge in [0.25, 0.3) is 0 Å². The molecule has 3 atom stereocenters. The number of fused-ring (bicyclic) bond motifs is 1. The van der Waals surface area contributed by atoms with Crippen LogP contribution in [-0.4, -0.2) is 53.0 Å². The standard InChI is InChI=1S/C21H25F3N4O2/c1-13-9-18(21(22,23)24)28-19(25-13)11-16(26-28)15-7-8-27(12-15)20(29)10-14-5-3-4-6-17(14)30-2/h3-6,11,13,15,18,25H,7-10,12H2,1-2H3/t13-,15+,18-/m1/s1. The zero-order valence-electron chi connectivity index (χ0n) is 16.9. The van der Waals surface area contributed by atoms with Crippen LogP contribution in [0.4, 0.5) is 19.0 Å². The summed E-state index contributed by atoms with van der Waals surface area (Å²) < 4.78 is 46.8. The molecule has 2 aromatic rings. The highest BCUT2D eigenvalue weighted by Gasteiger charge is 2.46. The van der Waals surface area contributed by atoms with Crippen molar-refractivity contribution in [1.82, 2.24) is 14.7 Å². The van der Waals surface area contributed by atoms with Crippen LogP contribution in [0.3, 0.4) is 0 Å². The number of hydrogen-bond acceptors (Lipinski definition) is 4. The van der Waals surface area contributed by atoms with E-state index in [0.717, 1.165) is 10.2 Å². The van der Waals surface area contributed by atoms with E-state index in [2.05, 4.69) is 10.4 Å². The van der Waals surface area contributed by atoms with Gasteiger partial charge in [0.1, 0.15) is 11.6 Å². The number of aromatic nitrogens is 2. The van der Waals surface area contributed by atoms with E-state index in [0.29, 0.717) is 36.8 Å². The molecule has 0 saturated carbocycles. The Balaban J connectivity index is 1.47. The van der Waals surface area contributed by atoms with Gasteiger partial charge in [-0.3, -0.25) is 4.79 Å². The zero-order valence-corrected chi connectivity index (χ0v) is 16.9. The molecule has 0 bridgehead atoms. The SMILES string of the molecule is COc1ccccc1CC(=O)N1CC[C@H](c2cc3n(n2)[C@@H](C(F)(F)F)C[C@@H](C)N3)C1. The lowest BCUT2D eigenvalue weighted by Crippen LogP contribution is -2.37. The topological polar surface area (TPSA) is 59.4 Å². The van der Waals surface area contributed by atoms with Gasteiger partial charge in [0.05, 0.1) is 19.2 Å². The Kier molecular flexibility index (Phi) is 5.38. The van der Waals surface area contributed by atoms with E-state index in [-0.39, 0.29) is 30.7 Å². The predicted octanol–water partition coefficient (Wildman–Crippen LogP) is 3.76. The van der Waals surface area contributed by atoms with Crippen LogP contribution < -0.4 is 10.1 Å². The summed E-state index contributed by atoms with van der Waals surface area (Å²) in [5.74, 6) is 0.966. The fraction of sp³-hybridized carbons (Fsp3) is 0.524. The van der Waals surface area contributed by atoms with Crippen molar-refractivity contribution in [3.05, 3.63) is 41.6 Å². The minimum atomic E-state index is -4.35. The number of halogens is 3. The van der Waals surface area contributed by atoms with E-state index in [1.807, 2.05) is 24.3 Å². The number of anilines is 1. The Hall–Kier alpha value is -2.71. The van der Waals surface area contributed by atoms with Crippen molar-refractivity contribution in [3.8, 4) is 5.75 Å². The summed E-state index contributed by atoms with van der Waals surface area (Å²) in [6.45, 7) is 2.76. The second-order valence-electron chi connectivity index (χ2n) is 8.05. The highest BCUT2D eigenvalue weighted by Crippen LogP contribution is 2.40. The molecule has 4 rings (SSSR count). The fourth-order valence-electron chi connectivity index (χ4n) is 4.33. The lowest BCUT2D eigenvalue weighted by Gasteiger charge is -2.31. The summed E-state index contributed by atoms with van der Waals surface area (Å²) in [5.41, 5.74) is 1.42. The molecule has 3 heterocycles. The summed E-state index contributed by atoms with van der Waals surface area (Å²) in [5, 5.41) is 7.39. The number of carbonyl (C=O) groups excluding carboxylic acids is 1. The number of nitrogens with one attached hydrogen (secondary N) is 1. The van der Waals surface area contributed by atoms with Crippen LogP contribution in [0.25, 0.3) is 0 Å². The average molecular weight is 422 g/mol. The molecule has 1 amide bonds.